The first-order valence-electron chi connectivity index (χ1n) is 4.32. The standard InChI is InChI=1S/C9H7FN4O2/c10-5-1-2-7(12-4-5)14-8(15)3-6(13-14)9(11)16/h1-4,13H,(H2,11,16). The molecule has 0 bridgehead atoms. The zero-order chi connectivity index (χ0) is 11.7. The Labute approximate surface area is 88.5 Å². The summed E-state index contributed by atoms with van der Waals surface area (Å²) in [5.74, 6) is -1.09. The minimum Gasteiger partial charge on any atom is -0.364 e. The van der Waals surface area contributed by atoms with Crippen molar-refractivity contribution in [1.29, 1.82) is 0 Å². The summed E-state index contributed by atoms with van der Waals surface area (Å²) in [6, 6.07) is 3.50. The predicted octanol–water partition coefficient (Wildman–Crippen LogP) is -0.201. The van der Waals surface area contributed by atoms with Crippen molar-refractivity contribution in [1.82, 2.24) is 14.8 Å². The molecule has 6 nitrogen and oxygen atoms in total. The van der Waals surface area contributed by atoms with E-state index in [0.717, 1.165) is 23.0 Å². The van der Waals surface area contributed by atoms with Crippen LogP contribution in [-0.4, -0.2) is 20.7 Å². The van der Waals surface area contributed by atoms with E-state index in [2.05, 4.69) is 10.1 Å². The number of nitrogens with two attached hydrogens (primary N) is 1. The average Bonchev–Trinajstić information content (AvgIpc) is 2.62. The molecule has 0 fully saturated rings. The normalized spacial score (nSPS) is 10.3. The maximum Gasteiger partial charge on any atom is 0.273 e. The van der Waals surface area contributed by atoms with Gasteiger partial charge in [-0.25, -0.2) is 14.1 Å². The van der Waals surface area contributed by atoms with Crippen LogP contribution in [-0.2, 0) is 0 Å². The quantitative estimate of drug-likeness (QED) is 0.736. The Balaban J connectivity index is 2.52. The summed E-state index contributed by atoms with van der Waals surface area (Å²) in [5.41, 5.74) is 4.47. The van der Waals surface area contributed by atoms with Gasteiger partial charge in [-0.2, -0.15) is 0 Å². The monoisotopic (exact) mass is 222 g/mol. The van der Waals surface area contributed by atoms with Crippen molar-refractivity contribution in [2.45, 2.75) is 0 Å². The van der Waals surface area contributed by atoms with Crippen LogP contribution in [0.2, 0.25) is 0 Å². The van der Waals surface area contributed by atoms with E-state index in [0.29, 0.717) is 0 Å². The molecule has 1 amide bonds. The van der Waals surface area contributed by atoms with Crippen LogP contribution in [0.25, 0.3) is 5.82 Å². The molecule has 0 aromatic carbocycles. The van der Waals surface area contributed by atoms with Gasteiger partial charge in [-0.3, -0.25) is 14.7 Å². The lowest BCUT2D eigenvalue weighted by molar-refractivity contribution is 0.0995. The van der Waals surface area contributed by atoms with Crippen molar-refractivity contribution in [2.24, 2.45) is 5.73 Å². The average molecular weight is 222 g/mol. The lowest BCUT2D eigenvalue weighted by Gasteiger charge is -1.99. The van der Waals surface area contributed by atoms with Crippen LogP contribution in [0.4, 0.5) is 4.39 Å². The van der Waals surface area contributed by atoms with E-state index in [9.17, 15) is 14.0 Å². The van der Waals surface area contributed by atoms with E-state index in [1.807, 2.05) is 0 Å². The number of rotatable bonds is 2. The van der Waals surface area contributed by atoms with Crippen LogP contribution < -0.4 is 11.3 Å². The number of aromatic nitrogens is 3. The van der Waals surface area contributed by atoms with Gasteiger partial charge in [0.25, 0.3) is 11.5 Å². The van der Waals surface area contributed by atoms with Crippen molar-refractivity contribution in [3.8, 4) is 5.82 Å². The molecule has 0 aliphatic carbocycles. The van der Waals surface area contributed by atoms with Crippen molar-refractivity contribution < 1.29 is 9.18 Å². The van der Waals surface area contributed by atoms with E-state index in [1.165, 1.54) is 6.07 Å². The van der Waals surface area contributed by atoms with Crippen molar-refractivity contribution >= 4 is 5.91 Å². The molecule has 0 atom stereocenters. The van der Waals surface area contributed by atoms with Gasteiger partial charge in [-0.15, -0.1) is 0 Å². The molecular formula is C9H7FN4O2. The second kappa shape index (κ2) is 3.61. The van der Waals surface area contributed by atoms with Gasteiger partial charge in [0, 0.05) is 6.07 Å². The Morgan fingerprint density at radius 2 is 2.25 bits per heavy atom. The van der Waals surface area contributed by atoms with Gasteiger partial charge < -0.3 is 5.73 Å². The molecule has 2 heterocycles. The van der Waals surface area contributed by atoms with E-state index < -0.39 is 17.3 Å². The third kappa shape index (κ3) is 1.70. The van der Waals surface area contributed by atoms with Crippen LogP contribution in [0.1, 0.15) is 10.5 Å². The van der Waals surface area contributed by atoms with Crippen LogP contribution in [0.15, 0.2) is 29.2 Å². The second-order valence-corrected chi connectivity index (χ2v) is 3.04. The lowest BCUT2D eigenvalue weighted by Crippen LogP contribution is -2.15. The van der Waals surface area contributed by atoms with E-state index in [1.54, 1.807) is 0 Å². The van der Waals surface area contributed by atoms with E-state index in [-0.39, 0.29) is 11.5 Å². The van der Waals surface area contributed by atoms with Crippen molar-refractivity contribution in [3.63, 3.8) is 0 Å². The number of nitrogens with one attached hydrogen (secondary N) is 1. The van der Waals surface area contributed by atoms with Gasteiger partial charge >= 0.3 is 0 Å². The Kier molecular flexibility index (Phi) is 2.28. The number of pyridine rings is 1. The summed E-state index contributed by atoms with van der Waals surface area (Å²) in [4.78, 5) is 25.9. The molecule has 0 spiro atoms. The molecule has 3 N–H and O–H groups in total. The molecule has 2 rings (SSSR count). The molecule has 2 aromatic rings. The molecule has 16 heavy (non-hydrogen) atoms. The smallest absolute Gasteiger partial charge is 0.273 e. The minimum absolute atomic E-state index is 0.0314. The first-order valence-corrected chi connectivity index (χ1v) is 4.32. The van der Waals surface area contributed by atoms with Crippen LogP contribution in [0, 0.1) is 5.82 Å². The largest absolute Gasteiger partial charge is 0.364 e. The maximum atomic E-state index is 12.6. The number of amides is 1. The zero-order valence-corrected chi connectivity index (χ0v) is 7.98. The highest BCUT2D eigenvalue weighted by Crippen LogP contribution is 2.01. The van der Waals surface area contributed by atoms with Crippen LogP contribution in [0.5, 0.6) is 0 Å². The molecule has 0 radical (unpaired) electrons. The number of hydrogen-bond acceptors (Lipinski definition) is 3. The van der Waals surface area contributed by atoms with Crippen molar-refractivity contribution in [3.05, 3.63) is 46.3 Å². The summed E-state index contributed by atoms with van der Waals surface area (Å²) < 4.78 is 13.6. The number of halogens is 1. The number of aromatic amines is 1. The third-order valence-electron chi connectivity index (χ3n) is 1.93. The fourth-order valence-corrected chi connectivity index (χ4v) is 1.19. The van der Waals surface area contributed by atoms with Gasteiger partial charge in [0.2, 0.25) is 0 Å². The summed E-state index contributed by atoms with van der Waals surface area (Å²) in [6.07, 6.45) is 0.965. The SMILES string of the molecule is NC(=O)c1cc(=O)n(-c2ccc(F)cn2)[nH]1. The Morgan fingerprint density at radius 1 is 1.50 bits per heavy atom. The molecule has 0 saturated carbocycles. The van der Waals surface area contributed by atoms with E-state index in [4.69, 9.17) is 5.73 Å². The molecule has 0 saturated heterocycles. The summed E-state index contributed by atoms with van der Waals surface area (Å²) in [5, 5.41) is 2.46. The number of primary amides is 1. The Hall–Kier alpha value is -2.44. The molecule has 82 valence electrons. The van der Waals surface area contributed by atoms with Gasteiger partial charge in [0.1, 0.15) is 11.5 Å². The van der Waals surface area contributed by atoms with Gasteiger partial charge in [0.05, 0.1) is 6.20 Å². The fourth-order valence-electron chi connectivity index (χ4n) is 1.19. The molecule has 7 heteroatoms. The number of H-pyrrole nitrogens is 1. The predicted molar refractivity (Wildman–Crippen MR) is 52.7 cm³/mol. The molecule has 0 aliphatic heterocycles. The first kappa shape index (κ1) is 10.1. The van der Waals surface area contributed by atoms with E-state index >= 15 is 0 Å². The zero-order valence-electron chi connectivity index (χ0n) is 7.98. The van der Waals surface area contributed by atoms with Gasteiger partial charge in [-0.1, -0.05) is 0 Å². The molecule has 0 aliphatic rings. The lowest BCUT2D eigenvalue weighted by atomic mass is 10.4. The summed E-state index contributed by atoms with van der Waals surface area (Å²) >= 11 is 0. The number of carbonyl (C=O) groups excluding carboxylic acids is 1. The highest BCUT2D eigenvalue weighted by Gasteiger charge is 2.09. The number of hydrogen-bond donors (Lipinski definition) is 2. The maximum absolute atomic E-state index is 12.6. The fraction of sp³-hybridized carbons (Fsp3) is 0. The highest BCUT2D eigenvalue weighted by molar-refractivity contribution is 5.90. The third-order valence-corrected chi connectivity index (χ3v) is 1.93. The molecule has 0 unspecified atom stereocenters. The topological polar surface area (TPSA) is 93.8 Å². The van der Waals surface area contributed by atoms with Gasteiger partial charge in [0.15, 0.2) is 5.82 Å². The number of carbonyl (C=O) groups is 1. The molecular weight excluding hydrogens is 215 g/mol. The summed E-state index contributed by atoms with van der Waals surface area (Å²) in [6.45, 7) is 0. The van der Waals surface area contributed by atoms with Crippen molar-refractivity contribution in [2.75, 3.05) is 0 Å². The van der Waals surface area contributed by atoms with Crippen LogP contribution in [0.3, 0.4) is 0 Å². The van der Waals surface area contributed by atoms with Crippen LogP contribution >= 0.6 is 0 Å². The summed E-state index contributed by atoms with van der Waals surface area (Å²) in [7, 11) is 0. The van der Waals surface area contributed by atoms with Gasteiger partial charge in [-0.05, 0) is 12.1 Å². The second-order valence-electron chi connectivity index (χ2n) is 3.04. The molecule has 2 aromatic heterocycles. The Morgan fingerprint density at radius 3 is 2.75 bits per heavy atom. The Bertz CT molecular complexity index is 584. The first-order chi connectivity index (χ1) is 7.58. The number of nitrogens with zero attached hydrogens (tertiary/aromatic N) is 2. The highest BCUT2D eigenvalue weighted by atomic mass is 19.1. The minimum atomic E-state index is -0.752.